The van der Waals surface area contributed by atoms with E-state index in [0.717, 1.165) is 5.69 Å². The third-order valence-corrected chi connectivity index (χ3v) is 3.53. The van der Waals surface area contributed by atoms with Crippen molar-refractivity contribution in [2.75, 3.05) is 5.73 Å². The van der Waals surface area contributed by atoms with Crippen molar-refractivity contribution in [3.05, 3.63) is 68.8 Å². The van der Waals surface area contributed by atoms with Gasteiger partial charge in [-0.05, 0) is 6.07 Å². The van der Waals surface area contributed by atoms with E-state index in [2.05, 4.69) is 4.98 Å². The average molecular weight is 297 g/mol. The van der Waals surface area contributed by atoms with Crippen LogP contribution in [0.15, 0.2) is 47.4 Å². The third kappa shape index (κ3) is 2.08. The number of anilines is 1. The second-order valence-corrected chi connectivity index (χ2v) is 4.92. The Balaban J connectivity index is 2.39. The highest BCUT2D eigenvalue weighted by atomic mass is 16.6. The van der Waals surface area contributed by atoms with Crippen LogP contribution in [0.2, 0.25) is 0 Å². The molecule has 7 heteroatoms. The molecule has 22 heavy (non-hydrogen) atoms. The summed E-state index contributed by atoms with van der Waals surface area (Å²) in [6, 6.07) is 9.65. The summed E-state index contributed by atoms with van der Waals surface area (Å²) in [4.78, 5) is 25.5. The van der Waals surface area contributed by atoms with Gasteiger partial charge < -0.3 is 10.7 Å². The topological polar surface area (TPSA) is 106 Å². The van der Waals surface area contributed by atoms with Gasteiger partial charge in [0.05, 0.1) is 10.4 Å². The van der Waals surface area contributed by atoms with Crippen molar-refractivity contribution >= 4 is 22.3 Å². The van der Waals surface area contributed by atoms with Crippen LogP contribution in [0, 0.1) is 17.0 Å². The maximum Gasteiger partial charge on any atom is 0.323 e. The van der Waals surface area contributed by atoms with Gasteiger partial charge in [-0.3, -0.25) is 14.9 Å². The Bertz CT molecular complexity index is 963. The van der Waals surface area contributed by atoms with Crippen LogP contribution in [0.4, 0.5) is 11.4 Å². The summed E-state index contributed by atoms with van der Waals surface area (Å²) in [6.07, 6.45) is 1.72. The molecule has 1 aromatic carbocycles. The standard InChI is InChI=1S/C15H12N4O3/c1-9-4-2-3-7-18(9)14-13(16)11-8-10(19(21)22)5-6-12(11)17-15(14)20/h2-8H,1H3,(H2-,16,17,20)/p+1. The maximum absolute atomic E-state index is 12.3. The van der Waals surface area contributed by atoms with Crippen LogP contribution >= 0.6 is 0 Å². The van der Waals surface area contributed by atoms with E-state index in [0.29, 0.717) is 10.9 Å². The summed E-state index contributed by atoms with van der Waals surface area (Å²) in [5, 5.41) is 11.4. The van der Waals surface area contributed by atoms with Gasteiger partial charge in [0.25, 0.3) is 11.4 Å². The number of fused-ring (bicyclic) bond motifs is 1. The highest BCUT2D eigenvalue weighted by molar-refractivity contribution is 5.94. The minimum atomic E-state index is -0.495. The summed E-state index contributed by atoms with van der Waals surface area (Å²) < 4.78 is 1.66. The highest BCUT2D eigenvalue weighted by Crippen LogP contribution is 2.25. The van der Waals surface area contributed by atoms with Crippen molar-refractivity contribution in [2.24, 2.45) is 0 Å². The molecule has 3 N–H and O–H groups in total. The zero-order chi connectivity index (χ0) is 15.9. The van der Waals surface area contributed by atoms with Crippen molar-refractivity contribution in [3.8, 4) is 5.69 Å². The maximum atomic E-state index is 12.3. The van der Waals surface area contributed by atoms with E-state index in [4.69, 9.17) is 5.73 Å². The molecule has 0 atom stereocenters. The summed E-state index contributed by atoms with van der Waals surface area (Å²) in [7, 11) is 0. The number of nitrogens with one attached hydrogen (secondary N) is 1. The molecular weight excluding hydrogens is 284 g/mol. The van der Waals surface area contributed by atoms with Gasteiger partial charge in [-0.15, -0.1) is 0 Å². The molecule has 0 aliphatic heterocycles. The zero-order valence-electron chi connectivity index (χ0n) is 11.7. The summed E-state index contributed by atoms with van der Waals surface area (Å²) in [6.45, 7) is 1.84. The van der Waals surface area contributed by atoms with Crippen LogP contribution in [0.5, 0.6) is 0 Å². The van der Waals surface area contributed by atoms with E-state index in [9.17, 15) is 14.9 Å². The lowest BCUT2D eigenvalue weighted by Crippen LogP contribution is -2.40. The molecule has 0 aliphatic carbocycles. The number of pyridine rings is 2. The Kier molecular flexibility index (Phi) is 3.10. The molecule has 0 saturated carbocycles. The Morgan fingerprint density at radius 2 is 2.05 bits per heavy atom. The molecule has 3 rings (SSSR count). The van der Waals surface area contributed by atoms with Crippen molar-refractivity contribution < 1.29 is 9.49 Å². The monoisotopic (exact) mass is 297 g/mol. The van der Waals surface area contributed by atoms with E-state index in [1.54, 1.807) is 16.8 Å². The van der Waals surface area contributed by atoms with Gasteiger partial charge in [-0.1, -0.05) is 6.07 Å². The van der Waals surface area contributed by atoms with E-state index in [1.807, 2.05) is 19.1 Å². The first kappa shape index (κ1) is 13.7. The van der Waals surface area contributed by atoms with E-state index in [1.165, 1.54) is 18.2 Å². The number of benzene rings is 1. The van der Waals surface area contributed by atoms with E-state index in [-0.39, 0.29) is 22.6 Å². The number of rotatable bonds is 2. The molecule has 0 radical (unpaired) electrons. The first-order valence-corrected chi connectivity index (χ1v) is 6.56. The smallest absolute Gasteiger partial charge is 0.323 e. The summed E-state index contributed by atoms with van der Waals surface area (Å²) >= 11 is 0. The quantitative estimate of drug-likeness (QED) is 0.425. The van der Waals surface area contributed by atoms with Gasteiger partial charge in [0.1, 0.15) is 5.69 Å². The number of aromatic nitrogens is 2. The molecule has 0 saturated heterocycles. The van der Waals surface area contributed by atoms with Gasteiger partial charge in [0.15, 0.2) is 11.9 Å². The number of H-pyrrole nitrogens is 1. The number of hydrogen-bond acceptors (Lipinski definition) is 4. The number of aromatic amines is 1. The third-order valence-electron chi connectivity index (χ3n) is 3.53. The van der Waals surface area contributed by atoms with Crippen molar-refractivity contribution in [1.82, 2.24) is 4.98 Å². The lowest BCUT2D eigenvalue weighted by molar-refractivity contribution is -0.602. The second kappa shape index (κ2) is 4.96. The van der Waals surface area contributed by atoms with Crippen LogP contribution < -0.4 is 15.9 Å². The Morgan fingerprint density at radius 3 is 2.73 bits per heavy atom. The molecule has 110 valence electrons. The fourth-order valence-corrected chi connectivity index (χ4v) is 2.43. The number of nitrogens with two attached hydrogens (primary N) is 1. The molecule has 0 bridgehead atoms. The molecule has 2 aromatic heterocycles. The number of aryl methyl sites for hydroxylation is 1. The molecular formula is C15H13N4O3+. The first-order valence-electron chi connectivity index (χ1n) is 6.56. The Hall–Kier alpha value is -3.22. The highest BCUT2D eigenvalue weighted by Gasteiger charge is 2.22. The zero-order valence-corrected chi connectivity index (χ0v) is 11.7. The fourth-order valence-electron chi connectivity index (χ4n) is 2.43. The van der Waals surface area contributed by atoms with E-state index < -0.39 is 4.92 Å². The first-order chi connectivity index (χ1) is 10.5. The molecule has 0 fully saturated rings. The number of nitro groups is 1. The summed E-state index contributed by atoms with van der Waals surface area (Å²) in [5.41, 5.74) is 7.45. The Labute approximate surface area is 124 Å². The lowest BCUT2D eigenvalue weighted by Gasteiger charge is -2.05. The van der Waals surface area contributed by atoms with Crippen LogP contribution in [-0.2, 0) is 0 Å². The predicted octanol–water partition coefficient (Wildman–Crippen LogP) is 1.60. The molecule has 0 unspecified atom stereocenters. The molecule has 0 amide bonds. The predicted molar refractivity (Wildman–Crippen MR) is 81.9 cm³/mol. The second-order valence-electron chi connectivity index (χ2n) is 4.92. The van der Waals surface area contributed by atoms with Gasteiger partial charge in [0.2, 0.25) is 0 Å². The van der Waals surface area contributed by atoms with Crippen LogP contribution in [-0.4, -0.2) is 9.91 Å². The minimum Gasteiger partial charge on any atom is -0.393 e. The SMILES string of the molecule is Cc1cccc[n+]1-c1c(N)c2cc([N+](=O)[O-])ccc2[nH]c1=O. The van der Waals surface area contributed by atoms with Gasteiger partial charge >= 0.3 is 5.56 Å². The number of non-ortho nitro benzene ring substituents is 1. The largest absolute Gasteiger partial charge is 0.393 e. The van der Waals surface area contributed by atoms with Crippen molar-refractivity contribution in [1.29, 1.82) is 0 Å². The molecule has 2 heterocycles. The minimum absolute atomic E-state index is 0.0769. The fraction of sp³-hybridized carbons (Fsp3) is 0.0667. The van der Waals surface area contributed by atoms with Gasteiger partial charge in [0, 0.05) is 36.6 Å². The van der Waals surface area contributed by atoms with Gasteiger partial charge in [-0.25, -0.2) is 0 Å². The number of nitro benzene ring substituents is 1. The number of nitrogen functional groups attached to an aromatic ring is 1. The van der Waals surface area contributed by atoms with Crippen LogP contribution in [0.1, 0.15) is 5.69 Å². The Morgan fingerprint density at radius 1 is 1.27 bits per heavy atom. The normalized spacial score (nSPS) is 10.8. The molecule has 3 aromatic rings. The number of nitrogens with zero attached hydrogens (tertiary/aromatic N) is 2. The molecule has 0 spiro atoms. The molecule has 7 nitrogen and oxygen atoms in total. The number of hydrogen-bond donors (Lipinski definition) is 2. The van der Waals surface area contributed by atoms with Crippen LogP contribution in [0.3, 0.4) is 0 Å². The van der Waals surface area contributed by atoms with Crippen molar-refractivity contribution in [2.45, 2.75) is 6.92 Å². The van der Waals surface area contributed by atoms with E-state index >= 15 is 0 Å². The van der Waals surface area contributed by atoms with Gasteiger partial charge in [-0.2, -0.15) is 4.57 Å². The lowest BCUT2D eigenvalue weighted by atomic mass is 10.1. The van der Waals surface area contributed by atoms with Crippen molar-refractivity contribution in [3.63, 3.8) is 0 Å². The summed E-state index contributed by atoms with van der Waals surface area (Å²) in [5.74, 6) is 0. The average Bonchev–Trinajstić information content (AvgIpc) is 2.48. The molecule has 0 aliphatic rings. The van der Waals surface area contributed by atoms with Crippen LogP contribution in [0.25, 0.3) is 16.6 Å².